The lowest BCUT2D eigenvalue weighted by molar-refractivity contribution is 0.611. The summed E-state index contributed by atoms with van der Waals surface area (Å²) < 4.78 is 0. The molecule has 0 fully saturated rings. The average molecular weight is 589 g/mol. The molecule has 0 aromatic heterocycles. The van der Waals surface area contributed by atoms with Crippen LogP contribution < -0.4 is 11.5 Å². The zero-order chi connectivity index (χ0) is 31.1. The van der Waals surface area contributed by atoms with Gasteiger partial charge in [0.05, 0.1) is 0 Å². The van der Waals surface area contributed by atoms with Crippen LogP contribution in [-0.2, 0) is 0 Å². The second-order valence-corrected chi connectivity index (χ2v) is 12.8. The minimum absolute atomic E-state index is 0.409. The Bertz CT molecular complexity index is 1230. The lowest BCUT2D eigenvalue weighted by Crippen LogP contribution is -2.06. The minimum atomic E-state index is 0.409. The maximum absolute atomic E-state index is 6.03. The van der Waals surface area contributed by atoms with Gasteiger partial charge in [-0.05, 0) is 76.9 Å². The molecule has 0 aliphatic rings. The minimum Gasteiger partial charge on any atom is -0.399 e. The highest BCUT2D eigenvalue weighted by molar-refractivity contribution is 5.45. The molecule has 0 saturated heterocycles. The molecule has 4 N–H and O–H groups in total. The highest BCUT2D eigenvalue weighted by Gasteiger charge is 2.19. The summed E-state index contributed by atoms with van der Waals surface area (Å²) in [7, 11) is 0. The molecule has 0 amide bonds. The van der Waals surface area contributed by atoms with Gasteiger partial charge in [-0.1, -0.05) is 151 Å². The third kappa shape index (κ3) is 9.49. The first-order valence-corrected chi connectivity index (χ1v) is 17.4. The summed E-state index contributed by atoms with van der Waals surface area (Å²) in [4.78, 5) is 0. The topological polar surface area (TPSA) is 52.0 Å². The molecule has 0 aliphatic heterocycles. The van der Waals surface area contributed by atoms with Gasteiger partial charge in [0.25, 0.3) is 0 Å². The highest BCUT2D eigenvalue weighted by Crippen LogP contribution is 2.36. The highest BCUT2D eigenvalue weighted by atomic mass is 14.5. The third-order valence-corrected chi connectivity index (χ3v) is 9.45. The van der Waals surface area contributed by atoms with Gasteiger partial charge in [0.2, 0.25) is 0 Å². The van der Waals surface area contributed by atoms with Crippen molar-refractivity contribution in [1.82, 2.24) is 0 Å². The monoisotopic (exact) mass is 588 g/mol. The predicted molar refractivity (Wildman–Crippen MR) is 193 cm³/mol. The Morgan fingerprint density at radius 1 is 0.341 bits per heavy atom. The Labute approximate surface area is 268 Å². The number of nitrogen functional groups attached to an aromatic ring is 2. The summed E-state index contributed by atoms with van der Waals surface area (Å²) in [6.07, 6.45) is 14.8. The van der Waals surface area contributed by atoms with Gasteiger partial charge in [0.15, 0.2) is 0 Å². The standard InChI is InChI=1S/C42H56N2/c1-4-7-10-13-40(32-16-20-34(21-17-32)41(14-11-8-5-2)36-24-28-38(43)29-25-36)33-18-22-35(23-19-33)42(15-12-9-6-3)37-26-30-39(44)31-27-37/h16-31,40-42H,4-15,43-44H2,1-3H3. The van der Waals surface area contributed by atoms with E-state index in [0.717, 1.165) is 11.4 Å². The van der Waals surface area contributed by atoms with Crippen LogP contribution >= 0.6 is 0 Å². The van der Waals surface area contributed by atoms with E-state index in [2.05, 4.69) is 93.6 Å². The Balaban J connectivity index is 1.59. The fourth-order valence-electron chi connectivity index (χ4n) is 6.75. The molecule has 2 heteroatoms. The van der Waals surface area contributed by atoms with Crippen LogP contribution in [0.25, 0.3) is 0 Å². The van der Waals surface area contributed by atoms with E-state index in [1.165, 1.54) is 110 Å². The van der Waals surface area contributed by atoms with E-state index in [-0.39, 0.29) is 0 Å². The van der Waals surface area contributed by atoms with E-state index in [0.29, 0.717) is 17.8 Å². The van der Waals surface area contributed by atoms with Gasteiger partial charge in [-0.2, -0.15) is 0 Å². The lowest BCUT2D eigenvalue weighted by Gasteiger charge is -2.23. The average Bonchev–Trinajstić information content (AvgIpc) is 3.05. The first-order valence-electron chi connectivity index (χ1n) is 17.4. The molecule has 4 aromatic rings. The number of unbranched alkanes of at least 4 members (excludes halogenated alkanes) is 6. The quantitative estimate of drug-likeness (QED) is 0.0897. The summed E-state index contributed by atoms with van der Waals surface area (Å²) in [6, 6.07) is 36.3. The zero-order valence-electron chi connectivity index (χ0n) is 27.6. The molecule has 2 nitrogen and oxygen atoms in total. The molecule has 0 heterocycles. The van der Waals surface area contributed by atoms with Crippen molar-refractivity contribution in [2.45, 2.75) is 116 Å². The van der Waals surface area contributed by atoms with Crippen LogP contribution in [0.1, 0.15) is 149 Å². The molecule has 44 heavy (non-hydrogen) atoms. The van der Waals surface area contributed by atoms with Crippen molar-refractivity contribution in [2.24, 2.45) is 0 Å². The SMILES string of the molecule is CCCCCC(c1ccc(N)cc1)c1ccc(C(CCCCC)c2ccc(C(CCCCC)c3ccc(N)cc3)cc2)cc1. The van der Waals surface area contributed by atoms with Crippen LogP contribution in [-0.4, -0.2) is 0 Å². The molecule has 0 bridgehead atoms. The van der Waals surface area contributed by atoms with Gasteiger partial charge in [-0.25, -0.2) is 0 Å². The summed E-state index contributed by atoms with van der Waals surface area (Å²) in [5.74, 6) is 1.23. The molecule has 0 saturated carbocycles. The number of nitrogens with two attached hydrogens (primary N) is 2. The van der Waals surface area contributed by atoms with Gasteiger partial charge in [-0.3, -0.25) is 0 Å². The first kappa shape index (κ1) is 33.4. The van der Waals surface area contributed by atoms with Crippen LogP contribution in [0.4, 0.5) is 11.4 Å². The maximum atomic E-state index is 6.03. The smallest absolute Gasteiger partial charge is 0.0314 e. The predicted octanol–water partition coefficient (Wildman–Crippen LogP) is 12.0. The number of benzene rings is 4. The third-order valence-electron chi connectivity index (χ3n) is 9.45. The molecule has 2 unspecified atom stereocenters. The van der Waals surface area contributed by atoms with Crippen molar-refractivity contribution in [3.8, 4) is 0 Å². The van der Waals surface area contributed by atoms with E-state index in [9.17, 15) is 0 Å². The summed E-state index contributed by atoms with van der Waals surface area (Å²) in [5, 5.41) is 0. The zero-order valence-corrected chi connectivity index (χ0v) is 27.6. The van der Waals surface area contributed by atoms with Crippen LogP contribution in [0.2, 0.25) is 0 Å². The largest absolute Gasteiger partial charge is 0.399 e. The number of hydrogen-bond donors (Lipinski definition) is 2. The van der Waals surface area contributed by atoms with Gasteiger partial charge in [0, 0.05) is 29.1 Å². The molecular weight excluding hydrogens is 532 g/mol. The number of hydrogen-bond acceptors (Lipinski definition) is 2. The Morgan fingerprint density at radius 3 is 0.750 bits per heavy atom. The fraction of sp³-hybridized carbons (Fsp3) is 0.429. The number of rotatable bonds is 18. The van der Waals surface area contributed by atoms with E-state index in [1.807, 2.05) is 24.3 Å². The van der Waals surface area contributed by atoms with E-state index >= 15 is 0 Å². The number of anilines is 2. The molecule has 234 valence electrons. The van der Waals surface area contributed by atoms with Crippen molar-refractivity contribution >= 4 is 11.4 Å². The van der Waals surface area contributed by atoms with Gasteiger partial charge in [-0.15, -0.1) is 0 Å². The molecule has 2 atom stereocenters. The summed E-state index contributed by atoms with van der Waals surface area (Å²) >= 11 is 0. The van der Waals surface area contributed by atoms with Crippen LogP contribution in [0.3, 0.4) is 0 Å². The van der Waals surface area contributed by atoms with Crippen molar-refractivity contribution in [2.75, 3.05) is 11.5 Å². The normalized spacial score (nSPS) is 13.4. The van der Waals surface area contributed by atoms with Crippen molar-refractivity contribution < 1.29 is 0 Å². The van der Waals surface area contributed by atoms with E-state index in [4.69, 9.17) is 11.5 Å². The van der Waals surface area contributed by atoms with Gasteiger partial charge >= 0.3 is 0 Å². The molecule has 0 radical (unpaired) electrons. The van der Waals surface area contributed by atoms with E-state index in [1.54, 1.807) is 0 Å². The lowest BCUT2D eigenvalue weighted by atomic mass is 9.82. The molecule has 0 spiro atoms. The Hall–Kier alpha value is -3.52. The molecule has 4 aromatic carbocycles. The fourth-order valence-corrected chi connectivity index (χ4v) is 6.75. The van der Waals surface area contributed by atoms with Crippen LogP contribution in [0.5, 0.6) is 0 Å². The summed E-state index contributed by atoms with van der Waals surface area (Å²) in [5.41, 5.74) is 22.1. The van der Waals surface area contributed by atoms with Crippen molar-refractivity contribution in [3.63, 3.8) is 0 Å². The van der Waals surface area contributed by atoms with Gasteiger partial charge < -0.3 is 11.5 Å². The Kier molecular flexibility index (Phi) is 13.4. The first-order chi connectivity index (χ1) is 21.5. The van der Waals surface area contributed by atoms with E-state index < -0.39 is 0 Å². The maximum Gasteiger partial charge on any atom is 0.0314 e. The molecular formula is C42H56N2. The van der Waals surface area contributed by atoms with Crippen LogP contribution in [0, 0.1) is 0 Å². The summed E-state index contributed by atoms with van der Waals surface area (Å²) in [6.45, 7) is 6.86. The van der Waals surface area contributed by atoms with Crippen molar-refractivity contribution in [1.29, 1.82) is 0 Å². The molecule has 4 rings (SSSR count). The molecule has 0 aliphatic carbocycles. The second kappa shape index (κ2) is 17.7. The van der Waals surface area contributed by atoms with Gasteiger partial charge in [0.1, 0.15) is 0 Å². The van der Waals surface area contributed by atoms with Crippen LogP contribution in [0.15, 0.2) is 97.1 Å². The van der Waals surface area contributed by atoms with Crippen molar-refractivity contribution in [3.05, 3.63) is 130 Å². The Morgan fingerprint density at radius 2 is 0.545 bits per heavy atom. The second-order valence-electron chi connectivity index (χ2n) is 12.8.